The largest absolute Gasteiger partial charge is 0.537 e. The molecule has 5 nitrogen and oxygen atoms in total. The van der Waals surface area contributed by atoms with Crippen LogP contribution < -0.4 is 5.72 Å². The molecule has 0 radical (unpaired) electrons. The number of hydrogen-bond donors (Lipinski definition) is 0. The quantitative estimate of drug-likeness (QED) is 0.706. The van der Waals surface area contributed by atoms with Gasteiger partial charge in [-0.05, 0) is 47.6 Å². The van der Waals surface area contributed by atoms with E-state index in [2.05, 4.69) is 9.97 Å². The Bertz CT molecular complexity index is 345. The molecule has 0 atom stereocenters. The Morgan fingerprint density at radius 1 is 0.789 bits per heavy atom. The summed E-state index contributed by atoms with van der Waals surface area (Å²) in [4.78, 5) is 8.50. The normalized spacial score (nSPS) is 12.7. The highest BCUT2D eigenvalue weighted by Crippen LogP contribution is 2.16. The highest BCUT2D eigenvalue weighted by Gasteiger charge is 2.37. The molecule has 0 saturated heterocycles. The minimum absolute atomic E-state index is 0.0543. The predicted octanol–water partition coefficient (Wildman–Crippen LogP) is 1.90. The lowest BCUT2D eigenvalue weighted by Gasteiger charge is -2.44. The van der Waals surface area contributed by atoms with Gasteiger partial charge in [0, 0.05) is 30.7 Å². The topological polar surface area (TPSA) is 53.5 Å². The van der Waals surface area contributed by atoms with Gasteiger partial charge in [0.05, 0.1) is 5.72 Å². The van der Waals surface area contributed by atoms with Crippen LogP contribution in [-0.4, -0.2) is 35.0 Å². The summed E-state index contributed by atoms with van der Waals surface area (Å²) in [5, 5.41) is 0. The molecule has 19 heavy (non-hydrogen) atoms. The van der Waals surface area contributed by atoms with E-state index in [0.717, 1.165) is 0 Å². The lowest BCUT2D eigenvalue weighted by molar-refractivity contribution is 0.0139. The zero-order valence-electron chi connectivity index (χ0n) is 12.7. The Morgan fingerprint density at radius 2 is 1.16 bits per heavy atom. The zero-order valence-corrected chi connectivity index (χ0v) is 12.7. The Balaban J connectivity index is 3.16. The van der Waals surface area contributed by atoms with Crippen LogP contribution in [0.25, 0.3) is 0 Å². The smallest absolute Gasteiger partial charge is 0.446 e. The minimum Gasteiger partial charge on any atom is -0.537 e. The van der Waals surface area contributed by atoms with Crippen LogP contribution in [0.2, 0.25) is 0 Å². The van der Waals surface area contributed by atoms with Crippen LogP contribution in [0.5, 0.6) is 0 Å². The van der Waals surface area contributed by atoms with Gasteiger partial charge in [0.1, 0.15) is 0 Å². The van der Waals surface area contributed by atoms with Crippen molar-refractivity contribution in [2.75, 3.05) is 0 Å². The number of rotatable bonds is 7. The molecule has 1 rings (SSSR count). The summed E-state index contributed by atoms with van der Waals surface area (Å²) in [6, 6.07) is 1.75. The number of aromatic nitrogens is 2. The first-order valence-electron chi connectivity index (χ1n) is 6.80. The third kappa shape index (κ3) is 4.89. The van der Waals surface area contributed by atoms with Crippen molar-refractivity contribution in [1.29, 1.82) is 0 Å². The van der Waals surface area contributed by atoms with Crippen LogP contribution in [-0.2, 0) is 14.0 Å². The van der Waals surface area contributed by atoms with Gasteiger partial charge in [-0.3, -0.25) is 9.97 Å². The van der Waals surface area contributed by atoms with Gasteiger partial charge in [0.2, 0.25) is 0 Å². The highest BCUT2D eigenvalue weighted by molar-refractivity contribution is 6.73. The van der Waals surface area contributed by atoms with Crippen molar-refractivity contribution in [3.05, 3.63) is 18.5 Å². The van der Waals surface area contributed by atoms with E-state index in [-0.39, 0.29) is 18.3 Å². The van der Waals surface area contributed by atoms with Gasteiger partial charge < -0.3 is 14.0 Å². The molecule has 0 amide bonds. The molecule has 0 N–H and O–H groups in total. The molecular formula is C13H24BN2O3-. The molecule has 0 spiro atoms. The molecular weight excluding hydrogens is 243 g/mol. The second-order valence-corrected chi connectivity index (χ2v) is 5.30. The van der Waals surface area contributed by atoms with Crippen molar-refractivity contribution in [2.45, 2.75) is 59.9 Å². The molecule has 0 aromatic carbocycles. The number of nitrogens with zero attached hydrogens (tertiary/aromatic N) is 2. The third-order valence-electron chi connectivity index (χ3n) is 2.26. The van der Waals surface area contributed by atoms with Crippen molar-refractivity contribution in [2.24, 2.45) is 0 Å². The van der Waals surface area contributed by atoms with Crippen molar-refractivity contribution >= 4 is 12.5 Å². The van der Waals surface area contributed by atoms with Crippen molar-refractivity contribution in [3.8, 4) is 0 Å². The van der Waals surface area contributed by atoms with Gasteiger partial charge in [-0.2, -0.15) is 0 Å². The molecule has 0 aliphatic carbocycles. The zero-order chi connectivity index (χ0) is 14.5. The maximum absolute atomic E-state index is 5.94. The average molecular weight is 267 g/mol. The van der Waals surface area contributed by atoms with E-state index < -0.39 is 6.75 Å². The van der Waals surface area contributed by atoms with E-state index >= 15 is 0 Å². The van der Waals surface area contributed by atoms with Crippen LogP contribution in [0.15, 0.2) is 18.5 Å². The van der Waals surface area contributed by atoms with E-state index in [1.54, 1.807) is 18.5 Å². The van der Waals surface area contributed by atoms with Crippen molar-refractivity contribution < 1.29 is 14.0 Å². The Morgan fingerprint density at radius 3 is 1.47 bits per heavy atom. The Kier molecular flexibility index (Phi) is 5.91. The Labute approximate surface area is 115 Å². The first kappa shape index (κ1) is 16.1. The van der Waals surface area contributed by atoms with Gasteiger partial charge in [0.25, 0.3) is 0 Å². The molecule has 6 heteroatoms. The van der Waals surface area contributed by atoms with E-state index in [9.17, 15) is 0 Å². The molecule has 0 bridgehead atoms. The fourth-order valence-electron chi connectivity index (χ4n) is 1.85. The van der Waals surface area contributed by atoms with Crippen LogP contribution in [0.3, 0.4) is 0 Å². The van der Waals surface area contributed by atoms with Crippen molar-refractivity contribution in [1.82, 2.24) is 9.97 Å². The lowest BCUT2D eigenvalue weighted by Crippen LogP contribution is -2.62. The second-order valence-electron chi connectivity index (χ2n) is 5.30. The first-order chi connectivity index (χ1) is 8.85. The van der Waals surface area contributed by atoms with Crippen LogP contribution in [0, 0.1) is 0 Å². The molecule has 108 valence electrons. The first-order valence-corrected chi connectivity index (χ1v) is 6.80. The summed E-state index contributed by atoms with van der Waals surface area (Å²) in [5.74, 6) is 0. The van der Waals surface area contributed by atoms with E-state index in [0.29, 0.717) is 5.72 Å². The van der Waals surface area contributed by atoms with E-state index in [4.69, 9.17) is 14.0 Å². The van der Waals surface area contributed by atoms with Crippen LogP contribution >= 0.6 is 0 Å². The van der Waals surface area contributed by atoms with E-state index in [1.807, 2.05) is 41.5 Å². The van der Waals surface area contributed by atoms with Gasteiger partial charge in [-0.1, -0.05) is 0 Å². The van der Waals surface area contributed by atoms with Gasteiger partial charge >= 0.3 is 6.75 Å². The maximum atomic E-state index is 5.94. The summed E-state index contributed by atoms with van der Waals surface area (Å²) >= 11 is 0. The molecule has 0 aliphatic rings. The fourth-order valence-corrected chi connectivity index (χ4v) is 1.85. The molecule has 0 aliphatic heterocycles. The standard InChI is InChI=1S/C13H24BN2O3/c1-10(2)17-14(18-11(3)4,19-12(5)6)13-15-8-7-9-16-13/h7-12H,1-6H3/q-1. The van der Waals surface area contributed by atoms with Gasteiger partial charge in [0.15, 0.2) is 0 Å². The lowest BCUT2D eigenvalue weighted by atomic mass is 9.75. The summed E-state index contributed by atoms with van der Waals surface area (Å²) in [7, 11) is 0. The summed E-state index contributed by atoms with van der Waals surface area (Å²) in [6.07, 6.45) is 3.16. The summed E-state index contributed by atoms with van der Waals surface area (Å²) < 4.78 is 17.8. The van der Waals surface area contributed by atoms with Crippen molar-refractivity contribution in [3.63, 3.8) is 0 Å². The van der Waals surface area contributed by atoms with Crippen LogP contribution in [0.4, 0.5) is 0 Å². The summed E-state index contributed by atoms with van der Waals surface area (Å²) in [6.45, 7) is 9.49. The SMILES string of the molecule is CC(C)O[B-](OC(C)C)(OC(C)C)c1ncccn1. The number of hydrogen-bond acceptors (Lipinski definition) is 5. The highest BCUT2D eigenvalue weighted by atomic mass is 16.8. The second kappa shape index (κ2) is 6.98. The Hall–Kier alpha value is -0.975. The maximum Gasteiger partial charge on any atom is 0.446 e. The monoisotopic (exact) mass is 267 g/mol. The van der Waals surface area contributed by atoms with Gasteiger partial charge in [-0.25, -0.2) is 0 Å². The molecule has 1 aromatic heterocycles. The molecule has 0 fully saturated rings. The minimum atomic E-state index is -2.14. The van der Waals surface area contributed by atoms with Crippen LogP contribution in [0.1, 0.15) is 41.5 Å². The molecule has 1 aromatic rings. The molecule has 1 heterocycles. The average Bonchev–Trinajstić information content (AvgIpc) is 2.27. The molecule has 0 saturated carbocycles. The summed E-state index contributed by atoms with van der Waals surface area (Å²) in [5.41, 5.74) is 0.443. The molecule has 0 unspecified atom stereocenters. The van der Waals surface area contributed by atoms with Gasteiger partial charge in [-0.15, -0.1) is 0 Å². The third-order valence-corrected chi connectivity index (χ3v) is 2.26. The predicted molar refractivity (Wildman–Crippen MR) is 76.1 cm³/mol. The van der Waals surface area contributed by atoms with E-state index in [1.165, 1.54) is 0 Å². The fraction of sp³-hybridized carbons (Fsp3) is 0.692.